The molecule has 0 saturated carbocycles. The van der Waals surface area contributed by atoms with Crippen LogP contribution in [-0.4, -0.2) is 40.1 Å². The molecular formula is C15H18ClNO4. The van der Waals surface area contributed by atoms with E-state index in [9.17, 15) is 14.7 Å². The van der Waals surface area contributed by atoms with Gasteiger partial charge in [-0.15, -0.1) is 0 Å². The van der Waals surface area contributed by atoms with Crippen molar-refractivity contribution in [3.63, 3.8) is 0 Å². The first kappa shape index (κ1) is 15.6. The quantitative estimate of drug-likeness (QED) is 0.896. The number of piperidine rings is 1. The Bertz CT molecular complexity index is 546. The molecule has 1 aliphatic rings. The van der Waals surface area contributed by atoms with Crippen LogP contribution in [0.5, 0.6) is 5.75 Å². The molecule has 0 aromatic heterocycles. The minimum absolute atomic E-state index is 0.0498. The van der Waals surface area contributed by atoms with Crippen LogP contribution in [0.4, 0.5) is 0 Å². The summed E-state index contributed by atoms with van der Waals surface area (Å²) in [6, 6.07) is 4.41. The Balaban J connectivity index is 2.01. The number of carboxylic acid groups (broad SMARTS) is 1. The molecule has 1 aromatic carbocycles. The number of hydrogen-bond donors (Lipinski definition) is 2. The van der Waals surface area contributed by atoms with Gasteiger partial charge in [-0.2, -0.15) is 0 Å². The van der Waals surface area contributed by atoms with E-state index in [2.05, 4.69) is 0 Å². The third-order valence-electron chi connectivity index (χ3n) is 3.77. The normalized spacial score (nSPS) is 18.5. The van der Waals surface area contributed by atoms with Gasteiger partial charge in [0.05, 0.1) is 5.02 Å². The van der Waals surface area contributed by atoms with E-state index in [1.165, 1.54) is 12.1 Å². The lowest BCUT2D eigenvalue weighted by Crippen LogP contribution is -2.40. The second kappa shape index (κ2) is 6.80. The van der Waals surface area contributed by atoms with Crippen LogP contribution in [0.2, 0.25) is 5.02 Å². The Kier molecular flexibility index (Phi) is 5.07. The molecule has 1 atom stereocenters. The molecule has 2 N–H and O–H groups in total. The molecule has 5 nitrogen and oxygen atoms in total. The van der Waals surface area contributed by atoms with Crippen molar-refractivity contribution in [2.75, 3.05) is 13.1 Å². The molecule has 114 valence electrons. The van der Waals surface area contributed by atoms with Crippen LogP contribution in [-0.2, 0) is 4.79 Å². The summed E-state index contributed by atoms with van der Waals surface area (Å²) < 4.78 is 0. The van der Waals surface area contributed by atoms with Crippen molar-refractivity contribution in [3.8, 4) is 5.75 Å². The smallest absolute Gasteiger partial charge is 0.303 e. The van der Waals surface area contributed by atoms with Crippen LogP contribution >= 0.6 is 11.6 Å². The summed E-state index contributed by atoms with van der Waals surface area (Å²) in [5.74, 6) is -0.752. The zero-order chi connectivity index (χ0) is 15.4. The molecule has 0 unspecified atom stereocenters. The molecule has 6 heteroatoms. The van der Waals surface area contributed by atoms with Gasteiger partial charge in [0.1, 0.15) is 5.75 Å². The maximum Gasteiger partial charge on any atom is 0.303 e. The maximum atomic E-state index is 12.4. The van der Waals surface area contributed by atoms with Gasteiger partial charge in [0.25, 0.3) is 5.91 Å². The van der Waals surface area contributed by atoms with E-state index >= 15 is 0 Å². The number of amides is 1. The number of phenols is 1. The predicted octanol–water partition coefficient (Wildman–Crippen LogP) is 2.76. The van der Waals surface area contributed by atoms with Gasteiger partial charge in [0.2, 0.25) is 0 Å². The van der Waals surface area contributed by atoms with Crippen molar-refractivity contribution in [2.45, 2.75) is 25.7 Å². The summed E-state index contributed by atoms with van der Waals surface area (Å²) in [5.41, 5.74) is 0.441. The first-order valence-electron chi connectivity index (χ1n) is 6.97. The van der Waals surface area contributed by atoms with Gasteiger partial charge in [-0.25, -0.2) is 0 Å². The summed E-state index contributed by atoms with van der Waals surface area (Å²) in [4.78, 5) is 24.8. The fourth-order valence-electron chi connectivity index (χ4n) is 2.64. The number of hydrogen-bond acceptors (Lipinski definition) is 3. The van der Waals surface area contributed by atoms with E-state index in [4.69, 9.17) is 16.7 Å². The predicted molar refractivity (Wildman–Crippen MR) is 78.6 cm³/mol. The van der Waals surface area contributed by atoms with Gasteiger partial charge in [0, 0.05) is 25.1 Å². The van der Waals surface area contributed by atoms with Gasteiger partial charge >= 0.3 is 5.97 Å². The summed E-state index contributed by atoms with van der Waals surface area (Å²) in [6.45, 7) is 1.24. The van der Waals surface area contributed by atoms with E-state index in [-0.39, 0.29) is 29.0 Å². The Labute approximate surface area is 128 Å². The SMILES string of the molecule is O=C(O)CC[C@@H]1CCCN(C(=O)c2ccc(O)c(Cl)c2)C1. The molecule has 0 spiro atoms. The highest BCUT2D eigenvalue weighted by atomic mass is 35.5. The number of nitrogens with zero attached hydrogens (tertiary/aromatic N) is 1. The minimum atomic E-state index is -0.802. The van der Waals surface area contributed by atoms with Crippen LogP contribution in [0.3, 0.4) is 0 Å². The number of phenolic OH excluding ortho intramolecular Hbond substituents is 1. The number of aromatic hydroxyl groups is 1. The van der Waals surface area contributed by atoms with E-state index in [0.29, 0.717) is 25.1 Å². The van der Waals surface area contributed by atoms with Gasteiger partial charge in [-0.05, 0) is 43.4 Å². The lowest BCUT2D eigenvalue weighted by Gasteiger charge is -2.32. The summed E-state index contributed by atoms with van der Waals surface area (Å²) in [5, 5.41) is 18.3. The average molecular weight is 312 g/mol. The molecule has 1 saturated heterocycles. The van der Waals surface area contributed by atoms with Crippen molar-refractivity contribution < 1.29 is 19.8 Å². The Hall–Kier alpha value is -1.75. The molecule has 1 fully saturated rings. The molecular weight excluding hydrogens is 294 g/mol. The summed E-state index contributed by atoms with van der Waals surface area (Å²) in [6.07, 6.45) is 2.56. The molecule has 1 amide bonds. The summed E-state index contributed by atoms with van der Waals surface area (Å²) in [7, 11) is 0. The van der Waals surface area contributed by atoms with Gasteiger partial charge < -0.3 is 15.1 Å². The molecule has 1 heterocycles. The van der Waals surface area contributed by atoms with Crippen LogP contribution in [0.15, 0.2) is 18.2 Å². The fraction of sp³-hybridized carbons (Fsp3) is 0.467. The third kappa shape index (κ3) is 4.11. The largest absolute Gasteiger partial charge is 0.506 e. The molecule has 21 heavy (non-hydrogen) atoms. The summed E-state index contributed by atoms with van der Waals surface area (Å²) >= 11 is 5.82. The molecule has 1 aromatic rings. The maximum absolute atomic E-state index is 12.4. The zero-order valence-electron chi connectivity index (χ0n) is 11.6. The van der Waals surface area contributed by atoms with Crippen LogP contribution in [0, 0.1) is 5.92 Å². The van der Waals surface area contributed by atoms with E-state index in [0.717, 1.165) is 12.8 Å². The molecule has 1 aliphatic heterocycles. The molecule has 2 rings (SSSR count). The number of halogens is 1. The number of benzene rings is 1. The van der Waals surface area contributed by atoms with Crippen LogP contribution in [0.25, 0.3) is 0 Å². The molecule has 0 aliphatic carbocycles. The molecule has 0 bridgehead atoms. The third-order valence-corrected chi connectivity index (χ3v) is 4.07. The Morgan fingerprint density at radius 3 is 2.81 bits per heavy atom. The van der Waals surface area contributed by atoms with Gasteiger partial charge in [0.15, 0.2) is 0 Å². The Morgan fingerprint density at radius 1 is 1.38 bits per heavy atom. The number of carbonyl (C=O) groups is 2. The number of carbonyl (C=O) groups excluding carboxylic acids is 1. The standard InChI is InChI=1S/C15H18ClNO4/c16-12-8-11(4-5-13(12)18)15(21)17-7-1-2-10(9-17)3-6-14(19)20/h4-5,8,10,18H,1-3,6-7,9H2,(H,19,20)/t10-/m0/s1. The number of likely N-dealkylation sites (tertiary alicyclic amines) is 1. The number of carboxylic acids is 1. The second-order valence-electron chi connectivity index (χ2n) is 5.36. The van der Waals surface area contributed by atoms with Crippen molar-refractivity contribution >= 4 is 23.5 Å². The molecule has 0 radical (unpaired) electrons. The van der Waals surface area contributed by atoms with E-state index in [1.807, 2.05) is 0 Å². The monoisotopic (exact) mass is 311 g/mol. The Morgan fingerprint density at radius 2 is 2.14 bits per heavy atom. The number of aliphatic carboxylic acids is 1. The highest BCUT2D eigenvalue weighted by Gasteiger charge is 2.25. The zero-order valence-corrected chi connectivity index (χ0v) is 12.3. The second-order valence-corrected chi connectivity index (χ2v) is 5.77. The average Bonchev–Trinajstić information content (AvgIpc) is 2.47. The number of rotatable bonds is 4. The van der Waals surface area contributed by atoms with Crippen molar-refractivity contribution in [1.29, 1.82) is 0 Å². The fourth-order valence-corrected chi connectivity index (χ4v) is 2.82. The van der Waals surface area contributed by atoms with Crippen LogP contribution < -0.4 is 0 Å². The van der Waals surface area contributed by atoms with Crippen LogP contribution in [0.1, 0.15) is 36.0 Å². The van der Waals surface area contributed by atoms with E-state index < -0.39 is 5.97 Å². The lowest BCUT2D eigenvalue weighted by molar-refractivity contribution is -0.137. The van der Waals surface area contributed by atoms with Gasteiger partial charge in [-0.1, -0.05) is 11.6 Å². The minimum Gasteiger partial charge on any atom is -0.506 e. The van der Waals surface area contributed by atoms with E-state index in [1.54, 1.807) is 11.0 Å². The highest BCUT2D eigenvalue weighted by molar-refractivity contribution is 6.32. The topological polar surface area (TPSA) is 77.8 Å². The lowest BCUT2D eigenvalue weighted by atomic mass is 9.93. The van der Waals surface area contributed by atoms with Crippen molar-refractivity contribution in [1.82, 2.24) is 4.90 Å². The van der Waals surface area contributed by atoms with Crippen molar-refractivity contribution in [3.05, 3.63) is 28.8 Å². The van der Waals surface area contributed by atoms with Crippen molar-refractivity contribution in [2.24, 2.45) is 5.92 Å². The first-order valence-corrected chi connectivity index (χ1v) is 7.34. The van der Waals surface area contributed by atoms with Gasteiger partial charge in [-0.3, -0.25) is 9.59 Å². The first-order chi connectivity index (χ1) is 9.97. The highest BCUT2D eigenvalue weighted by Crippen LogP contribution is 2.26.